The molecule has 0 aromatic heterocycles. The van der Waals surface area contributed by atoms with Crippen molar-refractivity contribution in [3.63, 3.8) is 0 Å². The summed E-state index contributed by atoms with van der Waals surface area (Å²) in [6, 6.07) is 7.94. The molecule has 0 bridgehead atoms. The van der Waals surface area contributed by atoms with Crippen LogP contribution in [0, 0.1) is 0 Å². The molecule has 0 N–H and O–H groups in total. The molecule has 0 radical (unpaired) electrons. The normalized spacial score (nSPS) is 10.0. The van der Waals surface area contributed by atoms with Gasteiger partial charge in [0.15, 0.2) is 6.79 Å². The van der Waals surface area contributed by atoms with Crippen LogP contribution in [0.25, 0.3) is 0 Å². The van der Waals surface area contributed by atoms with Crippen molar-refractivity contribution < 1.29 is 9.47 Å². The molecule has 1 rings (SSSR count). The van der Waals surface area contributed by atoms with E-state index in [2.05, 4.69) is 0 Å². The van der Waals surface area contributed by atoms with Crippen LogP contribution in [0.15, 0.2) is 29.2 Å². The first kappa shape index (κ1) is 10.4. The molecule has 0 aliphatic rings. The van der Waals surface area contributed by atoms with Gasteiger partial charge in [-0.1, -0.05) is 12.1 Å². The lowest BCUT2D eigenvalue weighted by molar-refractivity contribution is 0.0208. The molecule has 1 aromatic carbocycles. The summed E-state index contributed by atoms with van der Waals surface area (Å²) in [7, 11) is 0. The van der Waals surface area contributed by atoms with E-state index in [9.17, 15) is 0 Å². The van der Waals surface area contributed by atoms with Gasteiger partial charge in [-0.2, -0.15) is 0 Å². The lowest BCUT2D eigenvalue weighted by Crippen LogP contribution is -2.02. The Kier molecular flexibility index (Phi) is 4.72. The predicted octanol–water partition coefficient (Wildman–Crippen LogP) is 2.78. The Morgan fingerprint density at radius 2 is 2.08 bits per heavy atom. The van der Waals surface area contributed by atoms with Gasteiger partial charge in [-0.3, -0.25) is 0 Å². The van der Waals surface area contributed by atoms with E-state index in [0.29, 0.717) is 13.4 Å². The molecule has 2 nitrogen and oxygen atoms in total. The first-order valence-electron chi connectivity index (χ1n) is 4.22. The van der Waals surface area contributed by atoms with E-state index in [1.54, 1.807) is 11.8 Å². The van der Waals surface area contributed by atoms with E-state index < -0.39 is 0 Å². The summed E-state index contributed by atoms with van der Waals surface area (Å²) in [5.74, 6) is 0.892. The van der Waals surface area contributed by atoms with E-state index in [4.69, 9.17) is 9.47 Å². The fourth-order valence-electron chi connectivity index (χ4n) is 0.927. The summed E-state index contributed by atoms with van der Waals surface area (Å²) < 4.78 is 10.5. The Hall–Kier alpha value is -0.670. The van der Waals surface area contributed by atoms with E-state index in [1.165, 1.54) is 0 Å². The summed E-state index contributed by atoms with van der Waals surface area (Å²) in [5, 5.41) is 0. The lowest BCUT2D eigenvalue weighted by Gasteiger charge is -2.08. The first-order chi connectivity index (χ1) is 6.38. The van der Waals surface area contributed by atoms with Gasteiger partial charge in [0.25, 0.3) is 0 Å². The van der Waals surface area contributed by atoms with Crippen molar-refractivity contribution in [3.8, 4) is 5.75 Å². The maximum atomic E-state index is 5.43. The molecule has 0 aliphatic heterocycles. The van der Waals surface area contributed by atoms with Gasteiger partial charge < -0.3 is 9.47 Å². The molecule has 72 valence electrons. The van der Waals surface area contributed by atoms with Gasteiger partial charge in [0.1, 0.15) is 5.75 Å². The van der Waals surface area contributed by atoms with Crippen molar-refractivity contribution in [1.82, 2.24) is 0 Å². The molecule has 0 saturated carbocycles. The molecule has 0 atom stereocenters. The second-order valence-electron chi connectivity index (χ2n) is 2.41. The Labute approximate surface area is 83.2 Å². The second-order valence-corrected chi connectivity index (χ2v) is 3.25. The summed E-state index contributed by atoms with van der Waals surface area (Å²) in [6.45, 7) is 2.96. The number of benzene rings is 1. The van der Waals surface area contributed by atoms with Gasteiger partial charge in [0, 0.05) is 11.5 Å². The van der Waals surface area contributed by atoms with Gasteiger partial charge >= 0.3 is 0 Å². The molecule has 0 aliphatic carbocycles. The van der Waals surface area contributed by atoms with E-state index in [0.717, 1.165) is 10.6 Å². The lowest BCUT2D eigenvalue weighted by atomic mass is 10.3. The molecule has 0 spiro atoms. The van der Waals surface area contributed by atoms with Crippen molar-refractivity contribution in [2.24, 2.45) is 0 Å². The van der Waals surface area contributed by atoms with Crippen molar-refractivity contribution in [3.05, 3.63) is 24.3 Å². The number of hydrogen-bond acceptors (Lipinski definition) is 3. The number of thioether (sulfide) groups is 1. The van der Waals surface area contributed by atoms with Crippen molar-refractivity contribution in [1.29, 1.82) is 0 Å². The van der Waals surface area contributed by atoms with Crippen LogP contribution in [0.4, 0.5) is 0 Å². The highest BCUT2D eigenvalue weighted by atomic mass is 32.2. The molecular weight excluding hydrogens is 184 g/mol. The fourth-order valence-corrected chi connectivity index (χ4v) is 1.47. The highest BCUT2D eigenvalue weighted by Gasteiger charge is 1.99. The number of rotatable bonds is 5. The van der Waals surface area contributed by atoms with Crippen molar-refractivity contribution in [2.75, 3.05) is 19.7 Å². The topological polar surface area (TPSA) is 18.5 Å². The quantitative estimate of drug-likeness (QED) is 0.412. The average molecular weight is 198 g/mol. The molecule has 0 amide bonds. The molecule has 1 aromatic rings. The van der Waals surface area contributed by atoms with Crippen LogP contribution in [-0.4, -0.2) is 19.7 Å². The minimum atomic E-state index is 0.327. The molecule has 0 heterocycles. The van der Waals surface area contributed by atoms with Crippen LogP contribution < -0.4 is 4.74 Å². The smallest absolute Gasteiger partial charge is 0.189 e. The number of para-hydroxylation sites is 1. The highest BCUT2D eigenvalue weighted by molar-refractivity contribution is 7.98. The minimum absolute atomic E-state index is 0.327. The van der Waals surface area contributed by atoms with Crippen LogP contribution in [0.1, 0.15) is 6.92 Å². The Balaban J connectivity index is 2.54. The summed E-state index contributed by atoms with van der Waals surface area (Å²) in [4.78, 5) is 1.14. The van der Waals surface area contributed by atoms with Gasteiger partial charge in [-0.25, -0.2) is 0 Å². The van der Waals surface area contributed by atoms with Crippen LogP contribution in [0.5, 0.6) is 5.75 Å². The maximum absolute atomic E-state index is 5.43. The first-order valence-corrected chi connectivity index (χ1v) is 5.44. The Morgan fingerprint density at radius 1 is 1.31 bits per heavy atom. The van der Waals surface area contributed by atoms with Gasteiger partial charge in [0.05, 0.1) is 0 Å². The zero-order valence-electron chi connectivity index (χ0n) is 7.95. The average Bonchev–Trinajstić information content (AvgIpc) is 2.19. The summed E-state index contributed by atoms with van der Waals surface area (Å²) in [5.41, 5.74) is 0. The molecule has 13 heavy (non-hydrogen) atoms. The van der Waals surface area contributed by atoms with Crippen LogP contribution in [0.2, 0.25) is 0 Å². The molecule has 3 heteroatoms. The molecular formula is C10H14O2S. The van der Waals surface area contributed by atoms with Crippen LogP contribution in [0.3, 0.4) is 0 Å². The number of ether oxygens (including phenoxy) is 2. The second kappa shape index (κ2) is 5.89. The molecule has 0 fully saturated rings. The zero-order chi connectivity index (χ0) is 9.52. The SMILES string of the molecule is CCOCOc1ccccc1SC. The van der Waals surface area contributed by atoms with Crippen LogP contribution in [-0.2, 0) is 4.74 Å². The molecule has 0 unspecified atom stereocenters. The number of hydrogen-bond donors (Lipinski definition) is 0. The Morgan fingerprint density at radius 3 is 2.77 bits per heavy atom. The third-order valence-electron chi connectivity index (χ3n) is 1.57. The fraction of sp³-hybridized carbons (Fsp3) is 0.400. The van der Waals surface area contributed by atoms with Crippen LogP contribution >= 0.6 is 11.8 Å². The van der Waals surface area contributed by atoms with E-state index >= 15 is 0 Å². The third-order valence-corrected chi connectivity index (χ3v) is 2.35. The van der Waals surface area contributed by atoms with Crippen molar-refractivity contribution >= 4 is 11.8 Å². The maximum Gasteiger partial charge on any atom is 0.189 e. The van der Waals surface area contributed by atoms with Crippen molar-refractivity contribution in [2.45, 2.75) is 11.8 Å². The zero-order valence-corrected chi connectivity index (χ0v) is 8.76. The van der Waals surface area contributed by atoms with Gasteiger partial charge in [0.2, 0.25) is 0 Å². The highest BCUT2D eigenvalue weighted by Crippen LogP contribution is 2.26. The third kappa shape index (κ3) is 3.28. The standard InChI is InChI=1S/C10H14O2S/c1-3-11-8-12-9-6-4-5-7-10(9)13-2/h4-7H,3,8H2,1-2H3. The summed E-state index contributed by atoms with van der Waals surface area (Å²) in [6.07, 6.45) is 2.03. The Bertz CT molecular complexity index is 250. The molecule has 0 saturated heterocycles. The van der Waals surface area contributed by atoms with Gasteiger partial charge in [-0.15, -0.1) is 11.8 Å². The van der Waals surface area contributed by atoms with Gasteiger partial charge in [-0.05, 0) is 25.3 Å². The summed E-state index contributed by atoms with van der Waals surface area (Å²) >= 11 is 1.67. The minimum Gasteiger partial charge on any atom is -0.466 e. The monoisotopic (exact) mass is 198 g/mol. The van der Waals surface area contributed by atoms with E-state index in [1.807, 2.05) is 37.4 Å². The predicted molar refractivity (Wildman–Crippen MR) is 55.3 cm³/mol. The largest absolute Gasteiger partial charge is 0.466 e. The van der Waals surface area contributed by atoms with E-state index in [-0.39, 0.29) is 0 Å².